The maximum Gasteiger partial charge on any atom is 0.323 e. The smallest absolute Gasteiger partial charge is 0.323 e. The second kappa shape index (κ2) is 11.5. The molecule has 2 aromatic rings. The van der Waals surface area contributed by atoms with E-state index in [1.165, 1.54) is 6.07 Å². The van der Waals surface area contributed by atoms with E-state index in [4.69, 9.17) is 4.74 Å². The monoisotopic (exact) mass is 508 g/mol. The lowest BCUT2D eigenvalue weighted by molar-refractivity contribution is -0.151. The molecule has 1 saturated carbocycles. The molecule has 0 bridgehead atoms. The van der Waals surface area contributed by atoms with E-state index in [0.717, 1.165) is 42.4 Å². The summed E-state index contributed by atoms with van der Waals surface area (Å²) in [7, 11) is 0. The van der Waals surface area contributed by atoms with E-state index >= 15 is 0 Å². The van der Waals surface area contributed by atoms with Gasteiger partial charge in [-0.25, -0.2) is 0 Å². The summed E-state index contributed by atoms with van der Waals surface area (Å²) in [4.78, 5) is 27.8. The Morgan fingerprint density at radius 1 is 1.00 bits per heavy atom. The zero-order valence-electron chi connectivity index (χ0n) is 22.4. The molecule has 7 nitrogen and oxygen atoms in total. The van der Waals surface area contributed by atoms with Gasteiger partial charge < -0.3 is 25.2 Å². The van der Waals surface area contributed by atoms with Crippen LogP contribution < -0.4 is 5.32 Å². The number of carbonyl (C=O) groups excluding carboxylic acids is 2. The highest BCUT2D eigenvalue weighted by atomic mass is 16.5. The molecule has 1 aliphatic heterocycles. The Morgan fingerprint density at radius 2 is 1.70 bits per heavy atom. The van der Waals surface area contributed by atoms with Crippen LogP contribution in [-0.2, 0) is 29.2 Å². The third-order valence-corrected chi connectivity index (χ3v) is 7.41. The van der Waals surface area contributed by atoms with Gasteiger partial charge in [-0.15, -0.1) is 0 Å². The van der Waals surface area contributed by atoms with Crippen molar-refractivity contribution < 1.29 is 24.5 Å². The number of carbonyl (C=O) groups is 2. The Bertz CT molecular complexity index is 1140. The molecule has 2 aliphatic rings. The number of amides is 1. The van der Waals surface area contributed by atoms with Crippen molar-refractivity contribution in [2.45, 2.75) is 97.5 Å². The van der Waals surface area contributed by atoms with Gasteiger partial charge in [0.2, 0.25) is 0 Å². The van der Waals surface area contributed by atoms with Crippen LogP contribution in [0, 0.1) is 5.92 Å². The van der Waals surface area contributed by atoms with Crippen molar-refractivity contribution in [3.05, 3.63) is 58.1 Å². The highest BCUT2D eigenvalue weighted by Crippen LogP contribution is 2.34. The van der Waals surface area contributed by atoms with E-state index < -0.39 is 0 Å². The Morgan fingerprint density at radius 3 is 2.38 bits per heavy atom. The number of nitrogens with zero attached hydrogens (tertiary/aromatic N) is 1. The maximum atomic E-state index is 13.3. The van der Waals surface area contributed by atoms with Crippen LogP contribution in [-0.4, -0.2) is 39.1 Å². The van der Waals surface area contributed by atoms with E-state index in [9.17, 15) is 19.8 Å². The molecule has 4 rings (SSSR count). The quantitative estimate of drug-likeness (QED) is 0.394. The van der Waals surface area contributed by atoms with Crippen LogP contribution in [0.2, 0.25) is 0 Å². The minimum atomic E-state index is -0.348. The summed E-state index contributed by atoms with van der Waals surface area (Å²) < 4.78 is 5.78. The van der Waals surface area contributed by atoms with Crippen molar-refractivity contribution in [2.24, 2.45) is 5.92 Å². The highest BCUT2D eigenvalue weighted by molar-refractivity contribution is 5.97. The van der Waals surface area contributed by atoms with Crippen LogP contribution in [0.3, 0.4) is 0 Å². The van der Waals surface area contributed by atoms with E-state index in [2.05, 4.69) is 25.2 Å². The molecule has 1 atom stereocenters. The number of ether oxygens (including phenoxy) is 1. The number of benzene rings is 2. The first kappa shape index (κ1) is 27.0. The zero-order valence-corrected chi connectivity index (χ0v) is 22.4. The van der Waals surface area contributed by atoms with Gasteiger partial charge in [0.25, 0.3) is 5.91 Å². The van der Waals surface area contributed by atoms with Gasteiger partial charge in [0, 0.05) is 25.7 Å². The largest absolute Gasteiger partial charge is 0.508 e. The van der Waals surface area contributed by atoms with Crippen LogP contribution in [0.25, 0.3) is 0 Å². The van der Waals surface area contributed by atoms with Crippen LogP contribution in [0.15, 0.2) is 30.3 Å². The number of phenolic OH excluding ortho intramolecular Hbond substituents is 2. The molecule has 0 aromatic heterocycles. The number of hydrogen-bond acceptors (Lipinski definition) is 6. The molecule has 1 amide bonds. The first-order chi connectivity index (χ1) is 17.6. The average Bonchev–Trinajstić information content (AvgIpc) is 3.50. The summed E-state index contributed by atoms with van der Waals surface area (Å²) >= 11 is 0. The second-order valence-corrected chi connectivity index (χ2v) is 11.3. The third-order valence-electron chi connectivity index (χ3n) is 7.41. The van der Waals surface area contributed by atoms with Gasteiger partial charge >= 0.3 is 5.97 Å². The summed E-state index contributed by atoms with van der Waals surface area (Å²) in [5, 5.41) is 23.9. The molecule has 2 aromatic carbocycles. The van der Waals surface area contributed by atoms with Crippen molar-refractivity contribution >= 4 is 11.9 Å². The van der Waals surface area contributed by atoms with Gasteiger partial charge in [-0.1, -0.05) is 45.9 Å². The number of hydrogen-bond donors (Lipinski definition) is 3. The van der Waals surface area contributed by atoms with Crippen LogP contribution in [0.5, 0.6) is 11.5 Å². The van der Waals surface area contributed by atoms with Crippen molar-refractivity contribution in [3.63, 3.8) is 0 Å². The third kappa shape index (κ3) is 6.45. The molecule has 1 aliphatic carbocycles. The van der Waals surface area contributed by atoms with Crippen LogP contribution >= 0.6 is 0 Å². The molecule has 37 heavy (non-hydrogen) atoms. The lowest BCUT2D eigenvalue weighted by atomic mass is 9.98. The van der Waals surface area contributed by atoms with Crippen LogP contribution in [0.4, 0.5) is 0 Å². The summed E-state index contributed by atoms with van der Waals surface area (Å²) in [5.74, 6) is -0.258. The number of esters is 1. The zero-order chi connectivity index (χ0) is 26.7. The Kier molecular flexibility index (Phi) is 8.42. The molecule has 1 heterocycles. The lowest BCUT2D eigenvalue weighted by Gasteiger charge is -2.22. The van der Waals surface area contributed by atoms with Gasteiger partial charge in [0.05, 0.1) is 5.56 Å². The Hall–Kier alpha value is -3.06. The maximum absolute atomic E-state index is 13.3. The normalized spacial score (nSPS) is 16.4. The second-order valence-electron chi connectivity index (χ2n) is 11.3. The topological polar surface area (TPSA) is 99.1 Å². The lowest BCUT2D eigenvalue weighted by Crippen LogP contribution is -2.40. The minimum absolute atomic E-state index is 0.00575. The molecule has 0 spiro atoms. The van der Waals surface area contributed by atoms with Crippen molar-refractivity contribution in [2.75, 3.05) is 0 Å². The standard InChI is InChI=1S/C30H40N2O5/c1-18(2)11-26(30(36)37-23-7-5-6-8-23)31-15-20-9-10-21-16-32(17-22(21)12-20)29(35)25-13-24(19(3)4)27(33)14-28(25)34/h9-10,12-14,18-19,23,26,31,33-34H,5-8,11,15-17H2,1-4H3/t26-/m1/s1. The predicted molar refractivity (Wildman–Crippen MR) is 142 cm³/mol. The van der Waals surface area contributed by atoms with E-state index in [1.54, 1.807) is 11.0 Å². The molecular formula is C30H40N2O5. The molecule has 0 saturated heterocycles. The molecule has 0 radical (unpaired) electrons. The molecule has 7 heteroatoms. The number of phenols is 2. The van der Waals surface area contributed by atoms with Crippen LogP contribution in [0.1, 0.15) is 98.3 Å². The number of aromatic hydroxyl groups is 2. The van der Waals surface area contributed by atoms with Gasteiger partial charge in [-0.3, -0.25) is 9.59 Å². The first-order valence-electron chi connectivity index (χ1n) is 13.5. The van der Waals surface area contributed by atoms with Gasteiger partial charge in [-0.05, 0) is 72.3 Å². The van der Waals surface area contributed by atoms with Crippen molar-refractivity contribution in [1.82, 2.24) is 10.2 Å². The van der Waals surface area contributed by atoms with Crippen molar-refractivity contribution in [1.29, 1.82) is 0 Å². The summed E-state index contributed by atoms with van der Waals surface area (Å²) in [6.07, 6.45) is 4.94. The molecule has 0 unspecified atom stereocenters. The first-order valence-corrected chi connectivity index (χ1v) is 13.5. The van der Waals surface area contributed by atoms with E-state index in [1.807, 2.05) is 26.0 Å². The number of fused-ring (bicyclic) bond motifs is 1. The van der Waals surface area contributed by atoms with E-state index in [-0.39, 0.29) is 47.0 Å². The molecule has 3 N–H and O–H groups in total. The fourth-order valence-corrected chi connectivity index (χ4v) is 5.33. The summed E-state index contributed by atoms with van der Waals surface area (Å²) in [6, 6.07) is 8.64. The van der Waals surface area contributed by atoms with E-state index in [0.29, 0.717) is 37.5 Å². The minimum Gasteiger partial charge on any atom is -0.508 e. The molecule has 200 valence electrons. The van der Waals surface area contributed by atoms with Gasteiger partial charge in [0.15, 0.2) is 0 Å². The Balaban J connectivity index is 1.41. The van der Waals surface area contributed by atoms with Gasteiger partial charge in [-0.2, -0.15) is 0 Å². The number of rotatable bonds is 9. The predicted octanol–water partition coefficient (Wildman–Crippen LogP) is 5.37. The highest BCUT2D eigenvalue weighted by Gasteiger charge is 2.29. The average molecular weight is 509 g/mol. The fraction of sp³-hybridized carbons (Fsp3) is 0.533. The summed E-state index contributed by atoms with van der Waals surface area (Å²) in [5.41, 5.74) is 4.01. The van der Waals surface area contributed by atoms with Crippen molar-refractivity contribution in [3.8, 4) is 11.5 Å². The van der Waals surface area contributed by atoms with Gasteiger partial charge in [0.1, 0.15) is 23.6 Å². The number of nitrogens with one attached hydrogen (secondary N) is 1. The fourth-order valence-electron chi connectivity index (χ4n) is 5.33. The Labute approximate surface area is 219 Å². The molecular weight excluding hydrogens is 468 g/mol. The molecule has 1 fully saturated rings. The summed E-state index contributed by atoms with van der Waals surface area (Å²) in [6.45, 7) is 9.52. The SMILES string of the molecule is CC(C)C[C@@H](NCc1ccc2c(c1)CN(C(=O)c1cc(C(C)C)c(O)cc1O)C2)C(=O)OC1CCCC1.